The summed E-state index contributed by atoms with van der Waals surface area (Å²) < 4.78 is 0. The third-order valence-electron chi connectivity index (χ3n) is 3.45. The van der Waals surface area contributed by atoms with Crippen LogP contribution in [0.5, 0.6) is 0 Å². The van der Waals surface area contributed by atoms with Crippen molar-refractivity contribution in [2.24, 2.45) is 5.92 Å². The smallest absolute Gasteiger partial charge is 0.00388 e. The van der Waals surface area contributed by atoms with E-state index < -0.39 is 0 Å². The van der Waals surface area contributed by atoms with Crippen molar-refractivity contribution in [2.45, 2.75) is 91.5 Å². The minimum Gasteiger partial charge on any atom is -0.314 e. The number of hydrogen-bond acceptors (Lipinski definition) is 1. The van der Waals surface area contributed by atoms with Crippen LogP contribution in [0.2, 0.25) is 0 Å². The molecule has 1 N–H and O–H groups in total. The molecule has 0 rings (SSSR count). The molecule has 0 fully saturated rings. The van der Waals surface area contributed by atoms with Crippen LogP contribution in [0.4, 0.5) is 0 Å². The van der Waals surface area contributed by atoms with Crippen molar-refractivity contribution in [2.75, 3.05) is 6.54 Å². The Morgan fingerprint density at radius 1 is 0.765 bits per heavy atom. The van der Waals surface area contributed by atoms with Gasteiger partial charge in [-0.05, 0) is 38.6 Å². The third-order valence-corrected chi connectivity index (χ3v) is 3.45. The Bertz CT molecular complexity index is 142. The van der Waals surface area contributed by atoms with Gasteiger partial charge in [0.25, 0.3) is 0 Å². The summed E-state index contributed by atoms with van der Waals surface area (Å²) in [5.74, 6) is 0.845. The van der Waals surface area contributed by atoms with Crippen LogP contribution in [-0.2, 0) is 0 Å². The first-order valence-corrected chi connectivity index (χ1v) is 7.90. The highest BCUT2D eigenvalue weighted by atomic mass is 14.9. The van der Waals surface area contributed by atoms with E-state index in [0.717, 1.165) is 5.92 Å². The van der Waals surface area contributed by atoms with Crippen LogP contribution in [0, 0.1) is 5.92 Å². The lowest BCUT2D eigenvalue weighted by Crippen LogP contribution is -2.27. The summed E-state index contributed by atoms with van der Waals surface area (Å²) in [5, 5.41) is 3.64. The highest BCUT2D eigenvalue weighted by Crippen LogP contribution is 2.08. The van der Waals surface area contributed by atoms with Gasteiger partial charge in [-0.2, -0.15) is 0 Å². The lowest BCUT2D eigenvalue weighted by molar-refractivity contribution is 0.443. The molecule has 104 valence electrons. The number of unbranched alkanes of at least 4 members (excludes halogenated alkanes) is 6. The maximum Gasteiger partial charge on any atom is 0.00388 e. The predicted molar refractivity (Wildman–Crippen MR) is 79.5 cm³/mol. The van der Waals surface area contributed by atoms with Gasteiger partial charge in [0.15, 0.2) is 0 Å². The van der Waals surface area contributed by atoms with E-state index in [1.165, 1.54) is 64.3 Å². The van der Waals surface area contributed by atoms with E-state index >= 15 is 0 Å². The molecule has 0 aromatic heterocycles. The Morgan fingerprint density at radius 2 is 1.35 bits per heavy atom. The van der Waals surface area contributed by atoms with E-state index in [9.17, 15) is 0 Å². The van der Waals surface area contributed by atoms with E-state index in [-0.39, 0.29) is 0 Å². The van der Waals surface area contributed by atoms with Crippen LogP contribution in [0.1, 0.15) is 85.5 Å². The minimum absolute atomic E-state index is 0.706. The maximum absolute atomic E-state index is 3.64. The lowest BCUT2D eigenvalue weighted by Gasteiger charge is -2.14. The number of rotatable bonds is 12. The molecule has 0 aliphatic heterocycles. The molecule has 0 aromatic rings. The zero-order chi connectivity index (χ0) is 12.9. The lowest BCUT2D eigenvalue weighted by atomic mass is 10.0. The van der Waals surface area contributed by atoms with Gasteiger partial charge >= 0.3 is 0 Å². The molecule has 0 amide bonds. The van der Waals surface area contributed by atoms with Crippen LogP contribution in [0.3, 0.4) is 0 Å². The molecular formula is C16H35N. The Morgan fingerprint density at radius 3 is 1.94 bits per heavy atom. The van der Waals surface area contributed by atoms with E-state index in [4.69, 9.17) is 0 Å². The predicted octanol–water partition coefficient (Wildman–Crippen LogP) is 5.15. The molecule has 0 saturated heterocycles. The zero-order valence-corrected chi connectivity index (χ0v) is 12.7. The van der Waals surface area contributed by atoms with Crippen molar-refractivity contribution < 1.29 is 0 Å². The van der Waals surface area contributed by atoms with Gasteiger partial charge in [-0.15, -0.1) is 0 Å². The van der Waals surface area contributed by atoms with Gasteiger partial charge in [-0.1, -0.05) is 59.3 Å². The molecule has 1 atom stereocenters. The van der Waals surface area contributed by atoms with Crippen LogP contribution in [0.25, 0.3) is 0 Å². The Kier molecular flexibility index (Phi) is 12.4. The second kappa shape index (κ2) is 12.4. The number of hydrogen-bond donors (Lipinski definition) is 1. The summed E-state index contributed by atoms with van der Waals surface area (Å²) in [6.45, 7) is 10.4. The molecule has 0 aliphatic carbocycles. The van der Waals surface area contributed by atoms with Gasteiger partial charge in [0.1, 0.15) is 0 Å². The Hall–Kier alpha value is -0.0400. The molecule has 0 bridgehead atoms. The van der Waals surface area contributed by atoms with Crippen LogP contribution >= 0.6 is 0 Å². The maximum atomic E-state index is 3.64. The molecule has 17 heavy (non-hydrogen) atoms. The fourth-order valence-corrected chi connectivity index (χ4v) is 2.12. The van der Waals surface area contributed by atoms with Crippen LogP contribution in [0.15, 0.2) is 0 Å². The second-order valence-electron chi connectivity index (χ2n) is 5.95. The van der Waals surface area contributed by atoms with E-state index in [1.54, 1.807) is 0 Å². The summed E-state index contributed by atoms with van der Waals surface area (Å²) >= 11 is 0. The van der Waals surface area contributed by atoms with Crippen molar-refractivity contribution in [1.29, 1.82) is 0 Å². The molecular weight excluding hydrogens is 206 g/mol. The van der Waals surface area contributed by atoms with E-state index in [2.05, 4.69) is 33.0 Å². The quantitative estimate of drug-likeness (QED) is 0.466. The topological polar surface area (TPSA) is 12.0 Å². The van der Waals surface area contributed by atoms with Crippen molar-refractivity contribution >= 4 is 0 Å². The second-order valence-corrected chi connectivity index (χ2v) is 5.95. The first kappa shape index (κ1) is 17.0. The Labute approximate surface area is 110 Å². The summed E-state index contributed by atoms with van der Waals surface area (Å²) in [5.41, 5.74) is 0. The summed E-state index contributed by atoms with van der Waals surface area (Å²) in [7, 11) is 0. The zero-order valence-electron chi connectivity index (χ0n) is 12.7. The minimum atomic E-state index is 0.706. The molecule has 1 nitrogen and oxygen atoms in total. The van der Waals surface area contributed by atoms with Crippen LogP contribution < -0.4 is 5.32 Å². The fourth-order valence-electron chi connectivity index (χ4n) is 2.12. The van der Waals surface area contributed by atoms with E-state index in [1.807, 2.05) is 0 Å². The first-order chi connectivity index (χ1) is 8.16. The summed E-state index contributed by atoms with van der Waals surface area (Å²) in [6.07, 6.45) is 12.5. The first-order valence-electron chi connectivity index (χ1n) is 7.90. The van der Waals surface area contributed by atoms with Crippen molar-refractivity contribution in [3.8, 4) is 0 Å². The van der Waals surface area contributed by atoms with Crippen molar-refractivity contribution in [3.05, 3.63) is 0 Å². The summed E-state index contributed by atoms with van der Waals surface area (Å²) in [4.78, 5) is 0. The van der Waals surface area contributed by atoms with Gasteiger partial charge < -0.3 is 5.32 Å². The van der Waals surface area contributed by atoms with Gasteiger partial charge in [0.2, 0.25) is 0 Å². The van der Waals surface area contributed by atoms with Crippen molar-refractivity contribution in [1.82, 2.24) is 5.32 Å². The average Bonchev–Trinajstić information content (AvgIpc) is 2.30. The molecule has 0 spiro atoms. The average molecular weight is 241 g/mol. The van der Waals surface area contributed by atoms with Gasteiger partial charge in [0, 0.05) is 6.04 Å². The van der Waals surface area contributed by atoms with Gasteiger partial charge in [0.05, 0.1) is 0 Å². The molecule has 1 heteroatoms. The molecule has 0 radical (unpaired) electrons. The molecule has 0 aromatic carbocycles. The van der Waals surface area contributed by atoms with Crippen LogP contribution in [-0.4, -0.2) is 12.6 Å². The Balaban J connectivity index is 3.11. The summed E-state index contributed by atoms with van der Waals surface area (Å²) in [6, 6.07) is 0.706. The third kappa shape index (κ3) is 13.9. The monoisotopic (exact) mass is 241 g/mol. The fraction of sp³-hybridized carbons (Fsp3) is 1.00. The highest BCUT2D eigenvalue weighted by Gasteiger charge is 2.02. The molecule has 0 aliphatic rings. The largest absolute Gasteiger partial charge is 0.314 e. The van der Waals surface area contributed by atoms with Gasteiger partial charge in [-0.25, -0.2) is 0 Å². The standard InChI is InChI=1S/C16H35N/c1-5-6-7-8-9-10-11-14-17-16(4)13-12-15(2)3/h15-17H,5-14H2,1-4H3. The normalized spacial score (nSPS) is 13.2. The SMILES string of the molecule is CCCCCCCCCNC(C)CCC(C)C. The highest BCUT2D eigenvalue weighted by molar-refractivity contribution is 4.61. The molecule has 0 heterocycles. The number of nitrogens with one attached hydrogen (secondary N) is 1. The van der Waals surface area contributed by atoms with Gasteiger partial charge in [-0.3, -0.25) is 0 Å². The van der Waals surface area contributed by atoms with Crippen molar-refractivity contribution in [3.63, 3.8) is 0 Å². The van der Waals surface area contributed by atoms with E-state index in [0.29, 0.717) is 6.04 Å². The molecule has 0 saturated carbocycles. The molecule has 1 unspecified atom stereocenters.